The van der Waals surface area contributed by atoms with Crippen molar-refractivity contribution in [2.24, 2.45) is 0 Å². The van der Waals surface area contributed by atoms with Gasteiger partial charge in [-0.25, -0.2) is 4.98 Å². The summed E-state index contributed by atoms with van der Waals surface area (Å²) in [7, 11) is 0. The van der Waals surface area contributed by atoms with Crippen LogP contribution in [0.25, 0.3) is 21.5 Å². The van der Waals surface area contributed by atoms with Crippen molar-refractivity contribution in [3.8, 4) is 11.3 Å². The summed E-state index contributed by atoms with van der Waals surface area (Å²) >= 11 is 1.50. The lowest BCUT2D eigenvalue weighted by atomic mass is 10.1. The van der Waals surface area contributed by atoms with Crippen LogP contribution in [0, 0.1) is 6.92 Å². The fourth-order valence-corrected chi connectivity index (χ4v) is 4.48. The van der Waals surface area contributed by atoms with E-state index in [4.69, 9.17) is 9.51 Å². The number of aryl methyl sites for hydroxylation is 1. The van der Waals surface area contributed by atoms with Crippen LogP contribution >= 0.6 is 11.3 Å². The molecule has 0 saturated heterocycles. The first kappa shape index (κ1) is 19.2. The monoisotopic (exact) mass is 425 g/mol. The van der Waals surface area contributed by atoms with Crippen molar-refractivity contribution in [1.29, 1.82) is 0 Å². The van der Waals surface area contributed by atoms with Crippen LogP contribution in [0.1, 0.15) is 21.6 Å². The largest absolute Gasteiger partial charge is 0.355 e. The molecule has 0 spiro atoms. The number of rotatable bonds is 5. The summed E-state index contributed by atoms with van der Waals surface area (Å²) in [6.45, 7) is 2.42. The number of thiazole rings is 1. The third-order valence-corrected chi connectivity index (χ3v) is 6.10. The number of benzene rings is 3. The molecule has 0 unspecified atom stereocenters. The Kier molecular flexibility index (Phi) is 5.06. The zero-order valence-electron chi connectivity index (χ0n) is 16.9. The first-order chi connectivity index (χ1) is 15.2. The molecule has 0 radical (unpaired) electrons. The van der Waals surface area contributed by atoms with Crippen LogP contribution in [0.4, 0.5) is 5.13 Å². The molecule has 5 nitrogen and oxygen atoms in total. The van der Waals surface area contributed by atoms with E-state index in [9.17, 15) is 4.79 Å². The summed E-state index contributed by atoms with van der Waals surface area (Å²) in [5, 5.41) is 4.70. The van der Waals surface area contributed by atoms with E-state index in [0.717, 1.165) is 26.9 Å². The minimum absolute atomic E-state index is 0.244. The van der Waals surface area contributed by atoms with Crippen molar-refractivity contribution in [2.45, 2.75) is 13.5 Å². The van der Waals surface area contributed by atoms with Gasteiger partial charge in [-0.3, -0.25) is 9.69 Å². The Morgan fingerprint density at radius 1 is 0.968 bits per heavy atom. The van der Waals surface area contributed by atoms with E-state index >= 15 is 0 Å². The molecule has 6 heteroatoms. The van der Waals surface area contributed by atoms with Gasteiger partial charge in [0.1, 0.15) is 0 Å². The topological polar surface area (TPSA) is 59.2 Å². The molecule has 5 aromatic rings. The van der Waals surface area contributed by atoms with E-state index in [-0.39, 0.29) is 11.6 Å². The number of amides is 1. The van der Waals surface area contributed by atoms with Crippen LogP contribution in [0.5, 0.6) is 0 Å². The van der Waals surface area contributed by atoms with Crippen molar-refractivity contribution in [3.05, 3.63) is 102 Å². The molecule has 2 aromatic heterocycles. The van der Waals surface area contributed by atoms with Crippen molar-refractivity contribution in [3.63, 3.8) is 0 Å². The van der Waals surface area contributed by atoms with Gasteiger partial charge in [-0.2, -0.15) is 0 Å². The fraction of sp³-hybridized carbons (Fsp3) is 0.0800. The average molecular weight is 426 g/mol. The van der Waals surface area contributed by atoms with E-state index < -0.39 is 0 Å². The predicted octanol–water partition coefficient (Wildman–Crippen LogP) is 6.11. The van der Waals surface area contributed by atoms with Gasteiger partial charge in [-0.05, 0) is 24.1 Å². The molecule has 31 heavy (non-hydrogen) atoms. The molecule has 0 atom stereocenters. The lowest BCUT2D eigenvalue weighted by molar-refractivity contribution is 0.0976. The van der Waals surface area contributed by atoms with Crippen molar-refractivity contribution >= 4 is 32.6 Å². The molecule has 0 fully saturated rings. The standard InChI is InChI=1S/C25H19N3O2S/c1-17-9-8-14-22-23(17)26-25(31-22)28(16-18-10-4-2-5-11-18)24(29)20-15-21(30-27-20)19-12-6-3-7-13-19/h2-15H,16H2,1H3. The SMILES string of the molecule is Cc1cccc2sc(N(Cc3ccccc3)C(=O)c3cc(-c4ccccc4)on3)nc12. The van der Waals surface area contributed by atoms with Gasteiger partial charge in [0.15, 0.2) is 16.6 Å². The zero-order chi connectivity index (χ0) is 21.2. The maximum absolute atomic E-state index is 13.5. The van der Waals surface area contributed by atoms with Gasteiger partial charge in [0.05, 0.1) is 16.8 Å². The lowest BCUT2D eigenvalue weighted by Gasteiger charge is -2.18. The number of nitrogens with zero attached hydrogens (tertiary/aromatic N) is 3. The molecule has 5 rings (SSSR count). The van der Waals surface area contributed by atoms with Crippen molar-refractivity contribution in [1.82, 2.24) is 10.1 Å². The van der Waals surface area contributed by atoms with Crippen LogP contribution in [-0.2, 0) is 6.54 Å². The Morgan fingerprint density at radius 2 is 1.71 bits per heavy atom. The number of carbonyl (C=O) groups excluding carboxylic acids is 1. The number of hydrogen-bond acceptors (Lipinski definition) is 5. The Bertz CT molecular complexity index is 1340. The maximum Gasteiger partial charge on any atom is 0.282 e. The van der Waals surface area contributed by atoms with Gasteiger partial charge in [-0.15, -0.1) is 0 Å². The normalized spacial score (nSPS) is 11.0. The van der Waals surface area contributed by atoms with Gasteiger partial charge in [0.25, 0.3) is 5.91 Å². The highest BCUT2D eigenvalue weighted by molar-refractivity contribution is 7.22. The van der Waals surface area contributed by atoms with E-state index in [0.29, 0.717) is 17.4 Å². The smallest absolute Gasteiger partial charge is 0.282 e. The van der Waals surface area contributed by atoms with Gasteiger partial charge < -0.3 is 4.52 Å². The van der Waals surface area contributed by atoms with Crippen molar-refractivity contribution in [2.75, 3.05) is 4.90 Å². The first-order valence-corrected chi connectivity index (χ1v) is 10.7. The number of anilines is 1. The summed E-state index contributed by atoms with van der Waals surface area (Å²) in [5.74, 6) is 0.315. The quantitative estimate of drug-likeness (QED) is 0.341. The number of carbonyl (C=O) groups is 1. The second-order valence-electron chi connectivity index (χ2n) is 7.24. The summed E-state index contributed by atoms with van der Waals surface area (Å²) in [5.41, 5.74) is 4.14. The number of para-hydroxylation sites is 1. The van der Waals surface area contributed by atoms with E-state index in [1.165, 1.54) is 11.3 Å². The highest BCUT2D eigenvalue weighted by atomic mass is 32.1. The van der Waals surface area contributed by atoms with Gasteiger partial charge in [-0.1, -0.05) is 89.3 Å². The molecule has 2 heterocycles. The minimum Gasteiger partial charge on any atom is -0.355 e. The van der Waals surface area contributed by atoms with Crippen LogP contribution < -0.4 is 4.90 Å². The summed E-state index contributed by atoms with van der Waals surface area (Å²) in [4.78, 5) is 20.0. The molecule has 3 aromatic carbocycles. The minimum atomic E-state index is -0.244. The van der Waals surface area contributed by atoms with Gasteiger partial charge in [0.2, 0.25) is 0 Å². The first-order valence-electron chi connectivity index (χ1n) is 9.93. The van der Waals surface area contributed by atoms with E-state index in [1.807, 2.05) is 85.8 Å². The third kappa shape index (κ3) is 3.85. The Labute approximate surface area is 183 Å². The highest BCUT2D eigenvalue weighted by Crippen LogP contribution is 2.32. The van der Waals surface area contributed by atoms with Gasteiger partial charge in [0, 0.05) is 11.6 Å². The number of aromatic nitrogens is 2. The molecule has 0 aliphatic rings. The average Bonchev–Trinajstić information content (AvgIpc) is 3.47. The third-order valence-electron chi connectivity index (χ3n) is 5.06. The molecular weight excluding hydrogens is 406 g/mol. The maximum atomic E-state index is 13.5. The number of fused-ring (bicyclic) bond motifs is 1. The number of hydrogen-bond donors (Lipinski definition) is 0. The van der Waals surface area contributed by atoms with Crippen molar-refractivity contribution < 1.29 is 9.32 Å². The summed E-state index contributed by atoms with van der Waals surface area (Å²) in [6.07, 6.45) is 0. The molecule has 0 bridgehead atoms. The Morgan fingerprint density at radius 3 is 2.45 bits per heavy atom. The van der Waals surface area contributed by atoms with Gasteiger partial charge >= 0.3 is 0 Å². The van der Waals surface area contributed by atoms with E-state index in [1.54, 1.807) is 11.0 Å². The lowest BCUT2D eigenvalue weighted by Crippen LogP contribution is -2.30. The molecule has 0 N–H and O–H groups in total. The van der Waals surface area contributed by atoms with Crippen LogP contribution in [-0.4, -0.2) is 16.0 Å². The molecule has 1 amide bonds. The fourth-order valence-electron chi connectivity index (χ4n) is 3.43. The van der Waals surface area contributed by atoms with Crippen LogP contribution in [0.2, 0.25) is 0 Å². The van der Waals surface area contributed by atoms with Crippen LogP contribution in [0.3, 0.4) is 0 Å². The highest BCUT2D eigenvalue weighted by Gasteiger charge is 2.25. The zero-order valence-corrected chi connectivity index (χ0v) is 17.7. The molecule has 0 aliphatic carbocycles. The molecule has 0 aliphatic heterocycles. The second-order valence-corrected chi connectivity index (χ2v) is 8.25. The van der Waals surface area contributed by atoms with Crippen LogP contribution in [0.15, 0.2) is 89.5 Å². The Balaban J connectivity index is 1.54. The molecule has 0 saturated carbocycles. The molecule has 152 valence electrons. The second kappa shape index (κ2) is 8.16. The van der Waals surface area contributed by atoms with E-state index in [2.05, 4.69) is 5.16 Å². The molecular formula is C25H19N3O2S. The summed E-state index contributed by atoms with van der Waals surface area (Å²) < 4.78 is 6.52. The Hall–Kier alpha value is -3.77. The summed E-state index contributed by atoms with van der Waals surface area (Å²) in [6, 6.07) is 27.2. The predicted molar refractivity (Wildman–Crippen MR) is 123 cm³/mol.